The Hall–Kier alpha value is -3.78. The number of nitrogens with zero attached hydrogens (tertiary/aromatic N) is 5. The van der Waals surface area contributed by atoms with Gasteiger partial charge in [-0.2, -0.15) is 24.6 Å². The molecule has 0 aliphatic carbocycles. The number of rotatable bonds is 6. The van der Waals surface area contributed by atoms with Gasteiger partial charge in [-0.15, -0.1) is 0 Å². The fourth-order valence-electron chi connectivity index (χ4n) is 3.22. The number of carbonyl (C=O) groups is 1. The van der Waals surface area contributed by atoms with Crippen LogP contribution in [0.4, 0.5) is 18.9 Å². The van der Waals surface area contributed by atoms with Crippen LogP contribution in [-0.4, -0.2) is 33.5 Å². The topological polar surface area (TPSA) is 130 Å². The average Bonchev–Trinajstić information content (AvgIpc) is 2.73. The zero-order valence-corrected chi connectivity index (χ0v) is 16.1. The van der Waals surface area contributed by atoms with Gasteiger partial charge in [0.05, 0.1) is 11.8 Å². The molecule has 0 spiro atoms. The number of amides is 1. The number of pyridine rings is 2. The molecule has 3 N–H and O–H groups in total. The highest BCUT2D eigenvalue weighted by molar-refractivity contribution is 5.92. The molecule has 2 aromatic rings. The van der Waals surface area contributed by atoms with Gasteiger partial charge in [-0.05, 0) is 35.7 Å². The fraction of sp³-hybridized carbons (Fsp3) is 0.250. The van der Waals surface area contributed by atoms with Crippen LogP contribution in [0.25, 0.3) is 5.41 Å². The Bertz CT molecular complexity index is 1090. The molecule has 0 unspecified atom stereocenters. The average molecular weight is 428 g/mol. The smallest absolute Gasteiger partial charge is 0.433 e. The number of allylic oxidation sites excluding steroid dienone is 1. The largest absolute Gasteiger partial charge is 0.810 e. The molecule has 31 heavy (non-hydrogen) atoms. The van der Waals surface area contributed by atoms with Crippen LogP contribution in [0.15, 0.2) is 36.2 Å². The fourth-order valence-corrected chi connectivity index (χ4v) is 3.22. The van der Waals surface area contributed by atoms with Crippen LogP contribution < -0.4 is 11.1 Å². The summed E-state index contributed by atoms with van der Waals surface area (Å²) < 4.78 is 38.7. The van der Waals surface area contributed by atoms with E-state index in [0.29, 0.717) is 36.1 Å². The van der Waals surface area contributed by atoms with Crippen molar-refractivity contribution in [1.82, 2.24) is 14.9 Å². The number of nitriles is 1. The van der Waals surface area contributed by atoms with E-state index >= 15 is 0 Å². The minimum Gasteiger partial charge on any atom is -0.810 e. The van der Waals surface area contributed by atoms with E-state index in [0.717, 1.165) is 17.8 Å². The first kappa shape index (κ1) is 21.9. The lowest BCUT2D eigenvalue weighted by atomic mass is 10.0. The first-order valence-corrected chi connectivity index (χ1v) is 9.12. The van der Waals surface area contributed by atoms with Gasteiger partial charge >= 0.3 is 6.18 Å². The lowest BCUT2D eigenvalue weighted by Crippen LogP contribution is -2.32. The van der Waals surface area contributed by atoms with Gasteiger partial charge in [0.25, 0.3) is 5.91 Å². The van der Waals surface area contributed by atoms with Crippen LogP contribution in [0, 0.1) is 11.3 Å². The molecule has 0 aromatic carbocycles. The number of hydrogen-bond donors (Lipinski definition) is 2. The number of anilines is 1. The Kier molecular flexibility index (Phi) is 6.31. The van der Waals surface area contributed by atoms with E-state index in [1.165, 1.54) is 18.3 Å². The second-order valence-corrected chi connectivity index (χ2v) is 6.84. The number of aromatic nitrogens is 2. The molecule has 2 aromatic heterocycles. The first-order chi connectivity index (χ1) is 14.7. The first-order valence-electron chi connectivity index (χ1n) is 9.12. The molecule has 3 heterocycles. The highest BCUT2D eigenvalue weighted by Crippen LogP contribution is 2.30. The quantitative estimate of drug-likeness (QED) is 0.537. The highest BCUT2D eigenvalue weighted by atomic mass is 19.4. The molecule has 1 aliphatic heterocycles. The normalized spacial score (nSPS) is 14.5. The van der Waals surface area contributed by atoms with Gasteiger partial charge in [-0.3, -0.25) is 14.7 Å². The molecule has 3 rings (SSSR count). The molecule has 0 saturated carbocycles. The molecule has 160 valence electrons. The van der Waals surface area contributed by atoms with E-state index in [1.807, 2.05) is 4.90 Å². The van der Waals surface area contributed by atoms with Crippen molar-refractivity contribution in [2.45, 2.75) is 25.7 Å². The van der Waals surface area contributed by atoms with Crippen molar-refractivity contribution < 1.29 is 18.0 Å². The molecular formula is C20H17F3N7O-. The Morgan fingerprint density at radius 2 is 2.19 bits per heavy atom. The Morgan fingerprint density at radius 1 is 1.42 bits per heavy atom. The lowest BCUT2D eigenvalue weighted by Gasteiger charge is -2.29. The van der Waals surface area contributed by atoms with Crippen molar-refractivity contribution in [1.29, 1.82) is 5.26 Å². The molecule has 1 amide bonds. The maximum absolute atomic E-state index is 12.9. The van der Waals surface area contributed by atoms with E-state index in [-0.39, 0.29) is 24.4 Å². The van der Waals surface area contributed by atoms with Crippen LogP contribution in [0.3, 0.4) is 0 Å². The number of nitrogens with one attached hydrogen (secondary N) is 1. The van der Waals surface area contributed by atoms with Gasteiger partial charge in [0.15, 0.2) is 0 Å². The van der Waals surface area contributed by atoms with E-state index in [2.05, 4.69) is 15.3 Å². The van der Waals surface area contributed by atoms with Crippen molar-refractivity contribution >= 4 is 17.8 Å². The number of alkyl halides is 3. The number of primary amides is 1. The van der Waals surface area contributed by atoms with Crippen LogP contribution in [-0.2, 0) is 25.7 Å². The minimum absolute atomic E-state index is 0.00579. The summed E-state index contributed by atoms with van der Waals surface area (Å²) in [5.74, 6) is -0.745. The van der Waals surface area contributed by atoms with Gasteiger partial charge < -0.3 is 16.5 Å². The summed E-state index contributed by atoms with van der Waals surface area (Å²) in [6.07, 6.45) is -0.979. The van der Waals surface area contributed by atoms with Crippen LogP contribution >= 0.6 is 0 Å². The predicted molar refractivity (Wildman–Crippen MR) is 107 cm³/mol. The summed E-state index contributed by atoms with van der Waals surface area (Å²) in [7, 11) is 0. The minimum atomic E-state index is -4.52. The van der Waals surface area contributed by atoms with Crippen LogP contribution in [0.2, 0.25) is 0 Å². The molecule has 0 saturated heterocycles. The summed E-state index contributed by atoms with van der Waals surface area (Å²) in [6, 6.07) is 5.77. The van der Waals surface area contributed by atoms with Gasteiger partial charge in [-0.1, -0.05) is 0 Å². The second-order valence-electron chi connectivity index (χ2n) is 6.84. The van der Waals surface area contributed by atoms with E-state index in [9.17, 15) is 18.0 Å². The second kappa shape index (κ2) is 8.93. The SMILES string of the molecule is N#C/C(C=[N-])=C/Nc1cc(C(N)=O)nc2c1CCN(Cc1ccnc(C(F)(F)F)c1)C2. The van der Waals surface area contributed by atoms with Crippen molar-refractivity contribution in [3.8, 4) is 6.07 Å². The molecule has 0 atom stereocenters. The Balaban J connectivity index is 1.86. The van der Waals surface area contributed by atoms with Crippen LogP contribution in [0.1, 0.15) is 33.0 Å². The Morgan fingerprint density at radius 3 is 2.84 bits per heavy atom. The molecular weight excluding hydrogens is 411 g/mol. The maximum atomic E-state index is 12.9. The number of hydrogen-bond acceptors (Lipinski definition) is 6. The zero-order valence-electron chi connectivity index (χ0n) is 16.1. The van der Waals surface area contributed by atoms with Crippen molar-refractivity contribution in [3.05, 3.63) is 69.8 Å². The number of halogens is 3. The van der Waals surface area contributed by atoms with Crippen LogP contribution in [0.5, 0.6) is 0 Å². The van der Waals surface area contributed by atoms with Crippen molar-refractivity contribution in [2.24, 2.45) is 5.73 Å². The van der Waals surface area contributed by atoms with Crippen molar-refractivity contribution in [2.75, 3.05) is 11.9 Å². The summed E-state index contributed by atoms with van der Waals surface area (Å²) in [5.41, 5.74) is 6.70. The standard InChI is InChI=1S/C20H17F3N7O/c21-20(22,23)18-5-12(1-3-27-18)10-30-4-2-14-15(28-9-13(7-24)8-25)6-16(19(26)31)29-17(14)11-30/h1,3,5-7,9H,2,4,10-11H2,(H2,26,31)(H,28,29)/q-1/b13-9+. The molecule has 8 nitrogen and oxygen atoms in total. The lowest BCUT2D eigenvalue weighted by molar-refractivity contribution is -0.141. The number of fused-ring (bicyclic) bond motifs is 1. The third-order valence-corrected chi connectivity index (χ3v) is 4.69. The summed E-state index contributed by atoms with van der Waals surface area (Å²) in [5, 5.41) is 20.8. The molecule has 0 fully saturated rings. The monoisotopic (exact) mass is 428 g/mol. The maximum Gasteiger partial charge on any atom is 0.433 e. The molecule has 0 bridgehead atoms. The van der Waals surface area contributed by atoms with E-state index in [4.69, 9.17) is 16.4 Å². The Labute approximate surface area is 175 Å². The third-order valence-electron chi connectivity index (χ3n) is 4.69. The summed E-state index contributed by atoms with van der Waals surface area (Å²) in [4.78, 5) is 21.2. The number of carbonyl (C=O) groups excluding carboxylic acids is 1. The highest BCUT2D eigenvalue weighted by Gasteiger charge is 2.32. The summed E-state index contributed by atoms with van der Waals surface area (Å²) >= 11 is 0. The van der Waals surface area contributed by atoms with Gasteiger partial charge in [0, 0.05) is 43.3 Å². The molecule has 11 heteroatoms. The predicted octanol–water partition coefficient (Wildman–Crippen LogP) is 2.61. The van der Waals surface area contributed by atoms with Gasteiger partial charge in [0.2, 0.25) is 0 Å². The van der Waals surface area contributed by atoms with Gasteiger partial charge in [0.1, 0.15) is 11.4 Å². The zero-order chi connectivity index (χ0) is 22.6. The summed E-state index contributed by atoms with van der Waals surface area (Å²) in [6.45, 7) is 1.06. The molecule has 0 radical (unpaired) electrons. The van der Waals surface area contributed by atoms with Gasteiger partial charge in [-0.25, -0.2) is 4.98 Å². The van der Waals surface area contributed by atoms with Crippen molar-refractivity contribution in [3.63, 3.8) is 0 Å². The van der Waals surface area contributed by atoms with E-state index < -0.39 is 17.8 Å². The molecule has 1 aliphatic rings. The van der Waals surface area contributed by atoms with E-state index in [1.54, 1.807) is 6.07 Å². The number of nitrogens with two attached hydrogens (primary N) is 1. The third kappa shape index (κ3) is 5.23.